The molecule has 42 heavy (non-hydrogen) atoms. The molecule has 0 atom stereocenters. The summed E-state index contributed by atoms with van der Waals surface area (Å²) in [5.41, 5.74) is -0.169. The third-order valence-corrected chi connectivity index (χ3v) is 5.98. The van der Waals surface area contributed by atoms with Gasteiger partial charge in [0.15, 0.2) is 0 Å². The summed E-state index contributed by atoms with van der Waals surface area (Å²) in [5, 5.41) is 0. The van der Waals surface area contributed by atoms with Crippen LogP contribution >= 0.6 is 15.9 Å². The molecule has 0 unspecified atom stereocenters. The van der Waals surface area contributed by atoms with E-state index >= 15 is 0 Å². The highest BCUT2D eigenvalue weighted by molar-refractivity contribution is 9.10. The maximum Gasteiger partial charge on any atom is 0.460 e. The molecule has 0 aromatic heterocycles. The van der Waals surface area contributed by atoms with Crippen molar-refractivity contribution in [1.82, 2.24) is 0 Å². The van der Waals surface area contributed by atoms with Crippen LogP contribution in [0, 0.1) is 0 Å². The Morgan fingerprint density at radius 2 is 1.14 bits per heavy atom. The maximum atomic E-state index is 14.0. The number of rotatable bonds is 14. The zero-order chi connectivity index (χ0) is 33.4. The molecule has 3 nitrogen and oxygen atoms in total. The molecule has 244 valence electrons. The fourth-order valence-corrected chi connectivity index (χ4v) is 3.27. The average Bonchev–Trinajstić information content (AvgIpc) is 2.83. The van der Waals surface area contributed by atoms with Crippen molar-refractivity contribution < 1.29 is 88.9 Å². The van der Waals surface area contributed by atoms with Crippen molar-refractivity contribution in [2.75, 3.05) is 13.2 Å². The molecule has 0 bridgehead atoms. The summed E-state index contributed by atoms with van der Waals surface area (Å²) < 4.78 is 235. The van der Waals surface area contributed by atoms with Gasteiger partial charge in [0.05, 0.1) is 29.7 Å². The Kier molecular flexibility index (Phi) is 10.8. The Morgan fingerprint density at radius 3 is 1.57 bits per heavy atom. The van der Waals surface area contributed by atoms with Gasteiger partial charge in [-0.25, -0.2) is 4.79 Å². The quantitative estimate of drug-likeness (QED) is 0.109. The van der Waals surface area contributed by atoms with Crippen molar-refractivity contribution >= 4 is 21.9 Å². The summed E-state index contributed by atoms with van der Waals surface area (Å²) in [6.07, 6.45) is -9.42. The third kappa shape index (κ3) is 6.34. The van der Waals surface area contributed by atoms with E-state index in [2.05, 4.69) is 20.7 Å². The number of benzene rings is 1. The van der Waals surface area contributed by atoms with Crippen LogP contribution in [-0.4, -0.2) is 66.8 Å². The lowest BCUT2D eigenvalue weighted by atomic mass is 9.88. The first-order chi connectivity index (χ1) is 18.6. The van der Waals surface area contributed by atoms with Crippen molar-refractivity contribution in [2.24, 2.45) is 0 Å². The normalized spacial score (nSPS) is 14.6. The van der Waals surface area contributed by atoms with Crippen LogP contribution in [-0.2, 0) is 4.74 Å². The van der Waals surface area contributed by atoms with E-state index in [4.69, 9.17) is 4.74 Å². The third-order valence-electron chi connectivity index (χ3n) is 5.36. The van der Waals surface area contributed by atoms with E-state index in [9.17, 15) is 79.4 Å². The van der Waals surface area contributed by atoms with Crippen molar-refractivity contribution in [3.05, 3.63) is 28.2 Å². The molecule has 0 aliphatic heterocycles. The van der Waals surface area contributed by atoms with Gasteiger partial charge >= 0.3 is 53.6 Å². The minimum Gasteiger partial charge on any atom is -0.492 e. The maximum absolute atomic E-state index is 14.0. The summed E-state index contributed by atoms with van der Waals surface area (Å²) in [5.74, 6) is -58.2. The summed E-state index contributed by atoms with van der Waals surface area (Å²) in [6, 6.07) is 2.71. The Hall–Kier alpha value is -2.22. The van der Waals surface area contributed by atoms with Crippen LogP contribution < -0.4 is 4.74 Å². The van der Waals surface area contributed by atoms with Crippen molar-refractivity contribution in [3.63, 3.8) is 0 Å². The first-order valence-corrected chi connectivity index (χ1v) is 11.7. The summed E-state index contributed by atoms with van der Waals surface area (Å²) >= 11 is 2.76. The van der Waals surface area contributed by atoms with Crippen LogP contribution in [0.1, 0.15) is 36.5 Å². The average molecular weight is 719 g/mol. The van der Waals surface area contributed by atoms with E-state index in [1.54, 1.807) is 6.92 Å². The number of esters is 1. The molecule has 0 amide bonds. The summed E-state index contributed by atoms with van der Waals surface area (Å²) in [6.45, 7) is -0.0371. The van der Waals surface area contributed by atoms with Gasteiger partial charge in [-0.3, -0.25) is 0 Å². The van der Waals surface area contributed by atoms with Crippen LogP contribution in [0.4, 0.5) is 74.6 Å². The number of hydrogen-bond donors (Lipinski definition) is 0. The molecule has 21 heteroatoms. The minimum atomic E-state index is -8.68. The van der Waals surface area contributed by atoms with Crippen molar-refractivity contribution in [3.8, 4) is 5.75 Å². The minimum absolute atomic E-state index is 0.00646. The Bertz CT molecular complexity index is 1100. The van der Waals surface area contributed by atoms with Gasteiger partial charge < -0.3 is 9.47 Å². The molecule has 0 aliphatic carbocycles. The molecule has 0 saturated heterocycles. The van der Waals surface area contributed by atoms with E-state index in [1.165, 1.54) is 0 Å². The molecule has 0 spiro atoms. The monoisotopic (exact) mass is 718 g/mol. The van der Waals surface area contributed by atoms with E-state index in [-0.39, 0.29) is 16.6 Å². The summed E-state index contributed by atoms with van der Waals surface area (Å²) in [4.78, 5) is 11.9. The molecule has 1 aromatic rings. The highest BCUT2D eigenvalue weighted by atomic mass is 79.9. The van der Waals surface area contributed by atoms with Gasteiger partial charge in [0.2, 0.25) is 0 Å². The van der Waals surface area contributed by atoms with Crippen LogP contribution in [0.2, 0.25) is 0 Å². The summed E-state index contributed by atoms with van der Waals surface area (Å²) in [7, 11) is 0. The van der Waals surface area contributed by atoms with Gasteiger partial charge in [-0.1, -0.05) is 13.3 Å². The predicted molar refractivity (Wildman–Crippen MR) is 110 cm³/mol. The predicted octanol–water partition coefficient (Wildman–Crippen LogP) is 9.18. The first-order valence-electron chi connectivity index (χ1n) is 10.9. The largest absolute Gasteiger partial charge is 0.492 e. The highest BCUT2D eigenvalue weighted by Crippen LogP contribution is 2.64. The molecule has 0 radical (unpaired) electrons. The fraction of sp³-hybridized carbons (Fsp3) is 0.667. The molecule has 1 aromatic carbocycles. The lowest BCUT2D eigenvalue weighted by Crippen LogP contribution is -2.74. The second-order valence-corrected chi connectivity index (χ2v) is 9.24. The number of ether oxygens (including phenoxy) is 2. The van der Waals surface area contributed by atoms with E-state index in [0.29, 0.717) is 12.8 Å². The van der Waals surface area contributed by atoms with Crippen LogP contribution in [0.25, 0.3) is 0 Å². The van der Waals surface area contributed by atoms with Gasteiger partial charge in [0, 0.05) is 0 Å². The van der Waals surface area contributed by atoms with E-state index < -0.39 is 72.4 Å². The fourth-order valence-electron chi connectivity index (χ4n) is 2.78. The van der Waals surface area contributed by atoms with Crippen LogP contribution in [0.5, 0.6) is 5.75 Å². The topological polar surface area (TPSA) is 35.5 Å². The molecule has 0 heterocycles. The molecule has 1 rings (SSSR count). The zero-order valence-corrected chi connectivity index (χ0v) is 21.9. The molecular weight excluding hydrogens is 703 g/mol. The first kappa shape index (κ1) is 37.8. The Balaban J connectivity index is 3.22. The zero-order valence-electron chi connectivity index (χ0n) is 20.3. The standard InChI is InChI=1S/C21H16BrF17O3/c1-2-3-7-42-13(40)10-4-5-12(11(22)9-10)41-8-6-14(23,24)15(25,26)16(27,28)17(29,30)18(31,32)19(33,34)20(35,36)21(37,38)39/h4-5,9H,2-3,6-8H2,1H3. The molecule has 0 N–H and O–H groups in total. The molecule has 0 fully saturated rings. The molecule has 0 aliphatic rings. The number of halogens is 18. The Morgan fingerprint density at radius 1 is 0.690 bits per heavy atom. The number of carbonyl (C=O) groups excluding carboxylic acids is 1. The van der Waals surface area contributed by atoms with Crippen molar-refractivity contribution in [1.29, 1.82) is 0 Å². The number of unbranched alkanes of at least 4 members (excludes halogenated alkanes) is 1. The SMILES string of the molecule is CCCCOC(=O)c1ccc(OCCC(F)(F)C(F)(F)C(F)(F)C(F)(F)C(F)(F)C(F)(F)C(F)(F)C(F)(F)F)c(Br)c1. The Labute approximate surface area is 232 Å². The number of hydrogen-bond acceptors (Lipinski definition) is 3. The van der Waals surface area contributed by atoms with Gasteiger partial charge in [-0.2, -0.15) is 74.6 Å². The lowest BCUT2D eigenvalue weighted by molar-refractivity contribution is -0.461. The lowest BCUT2D eigenvalue weighted by Gasteiger charge is -2.42. The number of alkyl halides is 17. The van der Waals surface area contributed by atoms with Gasteiger partial charge in [0.1, 0.15) is 5.75 Å². The van der Waals surface area contributed by atoms with Gasteiger partial charge in [-0.05, 0) is 40.5 Å². The van der Waals surface area contributed by atoms with Crippen LogP contribution in [0.15, 0.2) is 22.7 Å². The molecule has 0 saturated carbocycles. The smallest absolute Gasteiger partial charge is 0.460 e. The van der Waals surface area contributed by atoms with E-state index in [1.807, 2.05) is 0 Å². The van der Waals surface area contributed by atoms with Crippen molar-refractivity contribution in [2.45, 2.75) is 73.8 Å². The second-order valence-electron chi connectivity index (χ2n) is 8.38. The van der Waals surface area contributed by atoms with Crippen LogP contribution in [0.3, 0.4) is 0 Å². The van der Waals surface area contributed by atoms with E-state index in [0.717, 1.165) is 18.2 Å². The van der Waals surface area contributed by atoms with Gasteiger partial charge in [0.25, 0.3) is 0 Å². The number of carbonyl (C=O) groups is 1. The molecular formula is C21H16BrF17O3. The highest BCUT2D eigenvalue weighted by Gasteiger charge is 2.95. The van der Waals surface area contributed by atoms with Gasteiger partial charge in [-0.15, -0.1) is 0 Å². The second kappa shape index (κ2) is 12.0.